The summed E-state index contributed by atoms with van der Waals surface area (Å²) in [6, 6.07) is 13.0. The van der Waals surface area contributed by atoms with E-state index in [0.717, 1.165) is 41.4 Å². The molecule has 0 unspecified atom stereocenters. The largest absolute Gasteiger partial charge is 0.309 e. The Morgan fingerprint density at radius 3 is 2.42 bits per heavy atom. The van der Waals surface area contributed by atoms with Gasteiger partial charge >= 0.3 is 0 Å². The maximum Gasteiger partial charge on any atom is 0.269 e. The number of hydrogen-bond acceptors (Lipinski definition) is 3. The summed E-state index contributed by atoms with van der Waals surface area (Å²) >= 11 is 3.39. The molecule has 0 aliphatic heterocycles. The first-order valence-corrected chi connectivity index (χ1v) is 10.9. The van der Waals surface area contributed by atoms with Gasteiger partial charge in [-0.1, -0.05) is 37.3 Å². The predicted octanol–water partition coefficient (Wildman–Crippen LogP) is 4.31. The third-order valence-electron chi connectivity index (χ3n) is 4.54. The number of likely N-dealkylation sites (N-methyl/N-ethyl adjacent to an activating group) is 1. The van der Waals surface area contributed by atoms with Crippen molar-refractivity contribution in [2.45, 2.75) is 24.7 Å². The highest BCUT2D eigenvalue weighted by Gasteiger charge is 2.24. The van der Waals surface area contributed by atoms with Crippen LogP contribution in [0.15, 0.2) is 58.0 Å². The van der Waals surface area contributed by atoms with E-state index >= 15 is 0 Å². The van der Waals surface area contributed by atoms with Crippen LogP contribution in [0.25, 0.3) is 10.9 Å². The van der Waals surface area contributed by atoms with Gasteiger partial charge in [-0.2, -0.15) is 0 Å². The number of hydrogen-bond donors (Lipinski definition) is 0. The topological polar surface area (TPSA) is 42.3 Å². The molecule has 0 saturated carbocycles. The monoisotopic (exact) mass is 434 g/mol. The number of fused-ring (bicyclic) bond motifs is 1. The van der Waals surface area contributed by atoms with Gasteiger partial charge in [-0.25, -0.2) is 12.4 Å². The van der Waals surface area contributed by atoms with Crippen LogP contribution in [0.2, 0.25) is 0 Å². The minimum Gasteiger partial charge on any atom is -0.309 e. The maximum absolute atomic E-state index is 13.4. The van der Waals surface area contributed by atoms with E-state index in [1.54, 1.807) is 24.4 Å². The van der Waals surface area contributed by atoms with E-state index in [0.29, 0.717) is 4.47 Å². The normalized spacial score (nSPS) is 12.2. The molecule has 0 aliphatic rings. The van der Waals surface area contributed by atoms with E-state index in [4.69, 9.17) is 0 Å². The van der Waals surface area contributed by atoms with Gasteiger partial charge in [0.2, 0.25) is 0 Å². The minimum absolute atomic E-state index is 0.280. The van der Waals surface area contributed by atoms with E-state index in [-0.39, 0.29) is 4.90 Å². The molecule has 26 heavy (non-hydrogen) atoms. The Morgan fingerprint density at radius 2 is 1.77 bits per heavy atom. The fraction of sp³-hybridized carbons (Fsp3) is 0.300. The summed E-state index contributed by atoms with van der Waals surface area (Å²) in [5.74, 6) is 0. The molecule has 1 aromatic heterocycles. The van der Waals surface area contributed by atoms with Gasteiger partial charge in [0, 0.05) is 22.6 Å². The van der Waals surface area contributed by atoms with Crippen molar-refractivity contribution in [1.29, 1.82) is 0 Å². The second-order valence-corrected chi connectivity index (χ2v) is 9.24. The van der Waals surface area contributed by atoms with Crippen LogP contribution < -0.4 is 0 Å². The summed E-state index contributed by atoms with van der Waals surface area (Å²) in [7, 11) is 0.354. The Hall–Kier alpha value is -1.63. The molecule has 0 atom stereocenters. The van der Waals surface area contributed by atoms with Crippen molar-refractivity contribution in [1.82, 2.24) is 8.87 Å². The molecule has 0 saturated heterocycles. The molecule has 0 spiro atoms. The molecule has 4 nitrogen and oxygen atoms in total. The lowest BCUT2D eigenvalue weighted by Crippen LogP contribution is -2.15. The number of nitrogens with zero attached hydrogens (tertiary/aromatic N) is 2. The summed E-state index contributed by atoms with van der Waals surface area (Å²) in [4.78, 5) is 2.39. The lowest BCUT2D eigenvalue weighted by Gasteiger charge is -2.11. The second-order valence-electron chi connectivity index (χ2n) is 6.61. The van der Waals surface area contributed by atoms with Gasteiger partial charge in [0.25, 0.3) is 10.0 Å². The quantitative estimate of drug-likeness (QED) is 0.580. The second kappa shape index (κ2) is 7.55. The molecule has 0 radical (unpaired) electrons. The lowest BCUT2D eigenvalue weighted by molar-refractivity contribution is 0.414. The van der Waals surface area contributed by atoms with Crippen LogP contribution in [0.5, 0.6) is 0 Å². The van der Waals surface area contributed by atoms with Gasteiger partial charge in [0.05, 0.1) is 5.52 Å². The number of rotatable bonds is 6. The summed E-state index contributed by atoms with van der Waals surface area (Å²) in [5.41, 5.74) is 2.88. The van der Waals surface area contributed by atoms with Crippen LogP contribution in [0.1, 0.15) is 18.1 Å². The van der Waals surface area contributed by atoms with Gasteiger partial charge in [0.1, 0.15) is 4.90 Å². The number of aryl methyl sites for hydroxylation is 1. The summed E-state index contributed by atoms with van der Waals surface area (Å²) in [6.07, 6.45) is 3.37. The van der Waals surface area contributed by atoms with E-state index in [1.807, 2.05) is 38.4 Å². The van der Waals surface area contributed by atoms with Crippen molar-refractivity contribution >= 4 is 36.9 Å². The van der Waals surface area contributed by atoms with Crippen LogP contribution in [-0.2, 0) is 22.9 Å². The van der Waals surface area contributed by atoms with Crippen molar-refractivity contribution in [2.24, 2.45) is 0 Å². The Balaban J connectivity index is 2.27. The van der Waals surface area contributed by atoms with Gasteiger partial charge in [-0.05, 0) is 66.1 Å². The fourth-order valence-electron chi connectivity index (χ4n) is 3.16. The summed E-state index contributed by atoms with van der Waals surface area (Å²) in [6.45, 7) is 2.92. The van der Waals surface area contributed by atoms with E-state index in [1.165, 1.54) is 3.97 Å². The van der Waals surface area contributed by atoms with Gasteiger partial charge in [0.15, 0.2) is 0 Å². The molecule has 0 N–H and O–H groups in total. The van der Waals surface area contributed by atoms with Gasteiger partial charge < -0.3 is 4.90 Å². The average molecular weight is 435 g/mol. The first-order chi connectivity index (χ1) is 12.4. The number of benzene rings is 2. The Kier molecular flexibility index (Phi) is 5.55. The molecule has 0 bridgehead atoms. The highest BCUT2D eigenvalue weighted by Crippen LogP contribution is 2.31. The van der Waals surface area contributed by atoms with Crippen LogP contribution >= 0.6 is 15.9 Å². The van der Waals surface area contributed by atoms with Gasteiger partial charge in [-0.3, -0.25) is 0 Å². The first kappa shape index (κ1) is 19.1. The van der Waals surface area contributed by atoms with Crippen molar-refractivity contribution in [2.75, 3.05) is 20.6 Å². The lowest BCUT2D eigenvalue weighted by atomic mass is 10.1. The number of halogens is 1. The Labute approximate surface area is 163 Å². The molecular weight excluding hydrogens is 412 g/mol. The highest BCUT2D eigenvalue weighted by atomic mass is 79.9. The van der Waals surface area contributed by atoms with Crippen LogP contribution in [0.4, 0.5) is 0 Å². The van der Waals surface area contributed by atoms with Gasteiger partial charge in [-0.15, -0.1) is 0 Å². The SMILES string of the molecule is CCc1cccc2c(CCN(C)C)cn(S(=O)(=O)c3ccccc3Br)c12. The molecule has 0 fully saturated rings. The highest BCUT2D eigenvalue weighted by molar-refractivity contribution is 9.10. The van der Waals surface area contributed by atoms with Crippen molar-refractivity contribution < 1.29 is 8.42 Å². The number of aromatic nitrogens is 1. The van der Waals surface area contributed by atoms with Crippen molar-refractivity contribution in [3.8, 4) is 0 Å². The summed E-state index contributed by atoms with van der Waals surface area (Å²) < 4.78 is 28.9. The molecule has 0 amide bonds. The fourth-order valence-corrected chi connectivity index (χ4v) is 5.56. The van der Waals surface area contributed by atoms with Crippen molar-refractivity contribution in [3.05, 3.63) is 64.3 Å². The Morgan fingerprint density at radius 1 is 1.04 bits per heavy atom. The average Bonchev–Trinajstić information content (AvgIpc) is 3.00. The maximum atomic E-state index is 13.4. The first-order valence-electron chi connectivity index (χ1n) is 8.63. The Bertz CT molecular complexity index is 1040. The molecule has 6 heteroatoms. The van der Waals surface area contributed by atoms with E-state index in [2.05, 4.69) is 27.8 Å². The van der Waals surface area contributed by atoms with Crippen LogP contribution in [0.3, 0.4) is 0 Å². The third-order valence-corrected chi connectivity index (χ3v) is 7.21. The molecule has 3 rings (SSSR count). The van der Waals surface area contributed by atoms with Crippen LogP contribution in [-0.4, -0.2) is 37.9 Å². The molecular formula is C20H23BrN2O2S. The molecule has 2 aromatic carbocycles. The smallest absolute Gasteiger partial charge is 0.269 e. The molecule has 1 heterocycles. The molecule has 138 valence electrons. The number of para-hydroxylation sites is 1. The zero-order valence-corrected chi connectivity index (χ0v) is 17.6. The molecule has 0 aliphatic carbocycles. The minimum atomic E-state index is -3.69. The third kappa shape index (κ3) is 3.46. The summed E-state index contributed by atoms with van der Waals surface area (Å²) in [5, 5.41) is 1.02. The zero-order chi connectivity index (χ0) is 18.9. The standard InChI is InChI=1S/C20H23BrN2O2S/c1-4-15-8-7-9-17-16(12-13-22(2)3)14-23(20(15)17)26(24,25)19-11-6-5-10-18(19)21/h5-11,14H,4,12-13H2,1-3H3. The van der Waals surface area contributed by atoms with E-state index in [9.17, 15) is 8.42 Å². The molecule has 3 aromatic rings. The van der Waals surface area contributed by atoms with Crippen molar-refractivity contribution in [3.63, 3.8) is 0 Å². The van der Waals surface area contributed by atoms with E-state index < -0.39 is 10.0 Å². The van der Waals surface area contributed by atoms with Crippen LogP contribution in [0, 0.1) is 0 Å². The zero-order valence-electron chi connectivity index (χ0n) is 15.2. The predicted molar refractivity (Wildman–Crippen MR) is 110 cm³/mol.